The maximum Gasteiger partial charge on any atom is 0.0956 e. The molecule has 0 aliphatic rings. The Hall–Kier alpha value is -0.830. The second-order valence-electron chi connectivity index (χ2n) is 5.70. The summed E-state index contributed by atoms with van der Waals surface area (Å²) < 4.78 is 1.89. The summed E-state index contributed by atoms with van der Waals surface area (Å²) in [5, 5.41) is 14.4. The van der Waals surface area contributed by atoms with Gasteiger partial charge in [0, 0.05) is 12.7 Å². The molecular formula is C17H32N2O. The predicted octanol–water partition coefficient (Wildman–Crippen LogP) is 4.86. The van der Waals surface area contributed by atoms with Gasteiger partial charge >= 0.3 is 0 Å². The number of aromatic nitrogens is 2. The first-order valence-corrected chi connectivity index (χ1v) is 8.49. The Labute approximate surface area is 124 Å². The lowest BCUT2D eigenvalue weighted by Gasteiger charge is -2.12. The molecule has 0 saturated heterocycles. The lowest BCUT2D eigenvalue weighted by atomic mass is 10.0. The van der Waals surface area contributed by atoms with Gasteiger partial charge in [-0.25, -0.2) is 0 Å². The molecule has 0 aliphatic carbocycles. The molecule has 1 atom stereocenters. The first-order valence-electron chi connectivity index (χ1n) is 8.49. The van der Waals surface area contributed by atoms with Gasteiger partial charge < -0.3 is 5.11 Å². The minimum absolute atomic E-state index is 0.345. The van der Waals surface area contributed by atoms with Crippen LogP contribution in [0.2, 0.25) is 0 Å². The van der Waals surface area contributed by atoms with Gasteiger partial charge in [0.05, 0.1) is 11.8 Å². The summed E-state index contributed by atoms with van der Waals surface area (Å²) in [5.41, 5.74) is 0.965. The minimum Gasteiger partial charge on any atom is -0.387 e. The Kier molecular flexibility index (Phi) is 9.38. The van der Waals surface area contributed by atoms with Crippen LogP contribution in [0, 0.1) is 0 Å². The van der Waals surface area contributed by atoms with E-state index in [2.05, 4.69) is 18.9 Å². The number of nitrogens with zero attached hydrogens (tertiary/aromatic N) is 2. The molecule has 1 heterocycles. The maximum absolute atomic E-state index is 10.2. The molecule has 1 rings (SSSR count). The Balaban J connectivity index is 2.01. The van der Waals surface area contributed by atoms with Crippen molar-refractivity contribution in [2.24, 2.45) is 0 Å². The quantitative estimate of drug-likeness (QED) is 0.555. The third-order valence-electron chi connectivity index (χ3n) is 3.97. The number of unbranched alkanes of at least 4 members (excludes halogenated alkanes) is 8. The predicted molar refractivity (Wildman–Crippen MR) is 84.7 cm³/mol. The van der Waals surface area contributed by atoms with Gasteiger partial charge in [0.15, 0.2) is 0 Å². The summed E-state index contributed by atoms with van der Waals surface area (Å²) >= 11 is 0. The molecule has 116 valence electrons. The second-order valence-corrected chi connectivity index (χ2v) is 5.70. The van der Waals surface area contributed by atoms with Crippen molar-refractivity contribution in [2.45, 2.75) is 90.7 Å². The van der Waals surface area contributed by atoms with E-state index < -0.39 is 0 Å². The van der Waals surface area contributed by atoms with Gasteiger partial charge in [-0.3, -0.25) is 4.68 Å². The third kappa shape index (κ3) is 6.56. The summed E-state index contributed by atoms with van der Waals surface area (Å²) in [7, 11) is 0. The molecule has 0 aromatic carbocycles. The number of aliphatic hydroxyl groups excluding tert-OH is 1. The van der Waals surface area contributed by atoms with Gasteiger partial charge in [-0.05, 0) is 19.4 Å². The standard InChI is InChI=1S/C17H32N2O/c1-3-5-6-7-8-9-10-11-12-13-17(20)16-14-15-18-19(16)4-2/h14-15,17,20H,3-13H2,1-2H3. The van der Waals surface area contributed by atoms with Crippen LogP contribution in [-0.2, 0) is 6.54 Å². The Bertz CT molecular complexity index is 335. The summed E-state index contributed by atoms with van der Waals surface area (Å²) in [6, 6.07) is 1.93. The molecule has 20 heavy (non-hydrogen) atoms. The molecule has 0 bridgehead atoms. The van der Waals surface area contributed by atoms with Crippen molar-refractivity contribution >= 4 is 0 Å². The normalized spacial score (nSPS) is 12.8. The highest BCUT2D eigenvalue weighted by Gasteiger charge is 2.11. The van der Waals surface area contributed by atoms with Crippen molar-refractivity contribution in [3.8, 4) is 0 Å². The molecule has 0 radical (unpaired) electrons. The molecule has 0 fully saturated rings. The third-order valence-corrected chi connectivity index (χ3v) is 3.97. The monoisotopic (exact) mass is 280 g/mol. The number of rotatable bonds is 12. The van der Waals surface area contributed by atoms with Crippen molar-refractivity contribution in [1.82, 2.24) is 9.78 Å². The lowest BCUT2D eigenvalue weighted by molar-refractivity contribution is 0.152. The number of aliphatic hydroxyl groups is 1. The van der Waals surface area contributed by atoms with Crippen LogP contribution in [0.4, 0.5) is 0 Å². The van der Waals surface area contributed by atoms with Gasteiger partial charge in [0.25, 0.3) is 0 Å². The van der Waals surface area contributed by atoms with E-state index in [0.717, 1.165) is 25.1 Å². The van der Waals surface area contributed by atoms with Crippen LogP contribution in [-0.4, -0.2) is 14.9 Å². The summed E-state index contributed by atoms with van der Waals surface area (Å²) in [4.78, 5) is 0. The first kappa shape index (κ1) is 17.2. The molecule has 1 N–H and O–H groups in total. The van der Waals surface area contributed by atoms with Gasteiger partial charge in [-0.2, -0.15) is 5.10 Å². The zero-order valence-corrected chi connectivity index (χ0v) is 13.4. The van der Waals surface area contributed by atoms with Crippen LogP contribution < -0.4 is 0 Å². The molecule has 1 unspecified atom stereocenters. The molecular weight excluding hydrogens is 248 g/mol. The molecule has 3 heteroatoms. The van der Waals surface area contributed by atoms with Crippen LogP contribution in [0.25, 0.3) is 0 Å². The lowest BCUT2D eigenvalue weighted by Crippen LogP contribution is -2.07. The second kappa shape index (κ2) is 10.9. The minimum atomic E-state index is -0.345. The summed E-state index contributed by atoms with van der Waals surface area (Å²) in [6.07, 6.45) is 14.2. The smallest absolute Gasteiger partial charge is 0.0956 e. The highest BCUT2D eigenvalue weighted by molar-refractivity contribution is 5.04. The van der Waals surface area contributed by atoms with E-state index in [0.29, 0.717) is 0 Å². The molecule has 1 aromatic rings. The molecule has 0 spiro atoms. The molecule has 3 nitrogen and oxygen atoms in total. The van der Waals surface area contributed by atoms with Crippen molar-refractivity contribution in [2.75, 3.05) is 0 Å². The average molecular weight is 280 g/mol. The SMILES string of the molecule is CCCCCCCCCCCC(O)c1ccnn1CC. The van der Waals surface area contributed by atoms with Gasteiger partial charge in [0.1, 0.15) is 0 Å². The molecule has 0 saturated carbocycles. The largest absolute Gasteiger partial charge is 0.387 e. The van der Waals surface area contributed by atoms with E-state index in [1.165, 1.54) is 51.4 Å². The highest BCUT2D eigenvalue weighted by atomic mass is 16.3. The fraction of sp³-hybridized carbons (Fsp3) is 0.824. The van der Waals surface area contributed by atoms with Gasteiger partial charge in [-0.1, -0.05) is 64.7 Å². The van der Waals surface area contributed by atoms with E-state index in [1.54, 1.807) is 6.20 Å². The fourth-order valence-electron chi connectivity index (χ4n) is 2.69. The summed E-state index contributed by atoms with van der Waals surface area (Å²) in [6.45, 7) is 5.15. The van der Waals surface area contributed by atoms with Crippen LogP contribution in [0.15, 0.2) is 12.3 Å². The van der Waals surface area contributed by atoms with Crippen LogP contribution in [0.5, 0.6) is 0 Å². The molecule has 0 aliphatic heterocycles. The van der Waals surface area contributed by atoms with E-state index in [4.69, 9.17) is 0 Å². The van der Waals surface area contributed by atoms with Gasteiger partial charge in [-0.15, -0.1) is 0 Å². The zero-order valence-electron chi connectivity index (χ0n) is 13.4. The van der Waals surface area contributed by atoms with Crippen LogP contribution >= 0.6 is 0 Å². The Morgan fingerprint density at radius 3 is 2.20 bits per heavy atom. The van der Waals surface area contributed by atoms with Crippen LogP contribution in [0.3, 0.4) is 0 Å². The Morgan fingerprint density at radius 2 is 1.60 bits per heavy atom. The van der Waals surface area contributed by atoms with E-state index in [-0.39, 0.29) is 6.10 Å². The number of hydrogen-bond donors (Lipinski definition) is 1. The highest BCUT2D eigenvalue weighted by Crippen LogP contribution is 2.20. The molecule has 1 aromatic heterocycles. The summed E-state index contributed by atoms with van der Waals surface area (Å²) in [5.74, 6) is 0. The van der Waals surface area contributed by atoms with E-state index in [9.17, 15) is 5.11 Å². The van der Waals surface area contributed by atoms with E-state index in [1.807, 2.05) is 10.7 Å². The van der Waals surface area contributed by atoms with Crippen molar-refractivity contribution in [1.29, 1.82) is 0 Å². The topological polar surface area (TPSA) is 38.1 Å². The van der Waals surface area contributed by atoms with Crippen molar-refractivity contribution in [3.05, 3.63) is 18.0 Å². The van der Waals surface area contributed by atoms with Gasteiger partial charge in [0.2, 0.25) is 0 Å². The van der Waals surface area contributed by atoms with E-state index >= 15 is 0 Å². The van der Waals surface area contributed by atoms with Crippen molar-refractivity contribution in [3.63, 3.8) is 0 Å². The number of aryl methyl sites for hydroxylation is 1. The average Bonchev–Trinajstić information content (AvgIpc) is 2.94. The number of hydrogen-bond acceptors (Lipinski definition) is 2. The zero-order chi connectivity index (χ0) is 14.6. The maximum atomic E-state index is 10.2. The molecule has 0 amide bonds. The first-order chi connectivity index (χ1) is 9.79. The van der Waals surface area contributed by atoms with Crippen LogP contribution in [0.1, 0.15) is 89.9 Å². The fourth-order valence-corrected chi connectivity index (χ4v) is 2.69. The van der Waals surface area contributed by atoms with Crippen molar-refractivity contribution < 1.29 is 5.11 Å². The Morgan fingerprint density at radius 1 is 1.00 bits per heavy atom.